The van der Waals surface area contributed by atoms with Crippen LogP contribution in [-0.2, 0) is 65.4 Å². The number of ether oxygens (including phenoxy) is 4. The zero-order chi connectivity index (χ0) is 71.4. The first-order valence-corrected chi connectivity index (χ1v) is 42.8. The molecule has 0 heterocycles. The summed E-state index contributed by atoms with van der Waals surface area (Å²) in [5, 5.41) is 10.6. The van der Waals surface area contributed by atoms with Gasteiger partial charge < -0.3 is 33.8 Å². The Labute approximate surface area is 592 Å². The van der Waals surface area contributed by atoms with Crippen LogP contribution in [0.2, 0.25) is 0 Å². The van der Waals surface area contributed by atoms with E-state index in [1.165, 1.54) is 180 Å². The van der Waals surface area contributed by atoms with Crippen molar-refractivity contribution in [3.8, 4) is 0 Å². The predicted octanol–water partition coefficient (Wildman–Crippen LogP) is 22.7. The second-order valence-electron chi connectivity index (χ2n) is 28.4. The minimum absolute atomic E-state index is 0.101. The van der Waals surface area contributed by atoms with Gasteiger partial charge in [0.1, 0.15) is 19.3 Å². The summed E-state index contributed by atoms with van der Waals surface area (Å²) in [6, 6.07) is 0. The Balaban J connectivity index is 5.29. The number of hydrogen-bond donors (Lipinski definition) is 3. The highest BCUT2D eigenvalue weighted by Crippen LogP contribution is 2.45. The van der Waals surface area contributed by atoms with Gasteiger partial charge in [-0.15, -0.1) is 0 Å². The normalized spacial score (nSPS) is 14.1. The van der Waals surface area contributed by atoms with E-state index in [9.17, 15) is 43.2 Å². The SMILES string of the molecule is CCCCCC/C=C\C=C/CCCCCCCC(=O)OC[C@H](COP(=O)(O)OC[C@@H](O)COP(=O)(O)OC[C@@H](COC(=O)CCCCCCCCCCCC(C)C)OC(=O)CCCCCCCCCCCC(C)C)OC(=O)CCCCCCCCCCCCCCCCCCCC. The van der Waals surface area contributed by atoms with Crippen molar-refractivity contribution in [2.75, 3.05) is 39.6 Å². The Bertz CT molecular complexity index is 1970. The lowest BCUT2D eigenvalue weighted by atomic mass is 10.0. The van der Waals surface area contributed by atoms with Crippen molar-refractivity contribution < 1.29 is 80.2 Å². The van der Waals surface area contributed by atoms with Crippen LogP contribution in [0.4, 0.5) is 0 Å². The van der Waals surface area contributed by atoms with Crippen LogP contribution in [0.25, 0.3) is 0 Å². The van der Waals surface area contributed by atoms with Crippen molar-refractivity contribution in [3.05, 3.63) is 24.3 Å². The van der Waals surface area contributed by atoms with Crippen LogP contribution in [0.1, 0.15) is 382 Å². The third-order valence-corrected chi connectivity index (χ3v) is 19.5. The van der Waals surface area contributed by atoms with Crippen molar-refractivity contribution >= 4 is 39.5 Å². The number of allylic oxidation sites excluding steroid dienone is 4. The van der Waals surface area contributed by atoms with E-state index in [4.69, 9.17) is 37.0 Å². The molecule has 0 saturated heterocycles. The van der Waals surface area contributed by atoms with E-state index in [1.54, 1.807) is 0 Å². The molecule has 19 heteroatoms. The average Bonchev–Trinajstić information content (AvgIpc) is 2.17. The van der Waals surface area contributed by atoms with Gasteiger partial charge in [-0.25, -0.2) is 9.13 Å². The predicted molar refractivity (Wildman–Crippen MR) is 395 cm³/mol. The lowest BCUT2D eigenvalue weighted by molar-refractivity contribution is -0.161. The summed E-state index contributed by atoms with van der Waals surface area (Å²) in [7, 11) is -9.93. The molecule has 0 aliphatic carbocycles. The number of aliphatic hydroxyl groups excluding tert-OH is 1. The maximum absolute atomic E-state index is 13.1. The van der Waals surface area contributed by atoms with Gasteiger partial charge in [0.25, 0.3) is 0 Å². The van der Waals surface area contributed by atoms with Crippen molar-refractivity contribution in [3.63, 3.8) is 0 Å². The Kier molecular flexibility index (Phi) is 67.5. The molecular weight excluding hydrogens is 1270 g/mol. The summed E-state index contributed by atoms with van der Waals surface area (Å²) in [6.45, 7) is 9.50. The molecule has 0 spiro atoms. The average molecular weight is 1420 g/mol. The molecule has 0 aliphatic heterocycles. The molecule has 0 amide bonds. The van der Waals surface area contributed by atoms with E-state index in [0.29, 0.717) is 25.7 Å². The number of aliphatic hydroxyl groups is 1. The van der Waals surface area contributed by atoms with Gasteiger partial charge in [0.2, 0.25) is 0 Å². The fraction of sp³-hybridized carbons (Fsp3) is 0.897. The number of rotatable bonds is 75. The van der Waals surface area contributed by atoms with Crippen LogP contribution < -0.4 is 0 Å². The Morgan fingerprint density at radius 1 is 0.320 bits per heavy atom. The number of esters is 4. The first-order chi connectivity index (χ1) is 46.9. The Morgan fingerprint density at radius 2 is 0.557 bits per heavy atom. The fourth-order valence-electron chi connectivity index (χ4n) is 11.5. The summed E-state index contributed by atoms with van der Waals surface area (Å²) >= 11 is 0. The van der Waals surface area contributed by atoms with Crippen LogP contribution in [0.15, 0.2) is 24.3 Å². The molecule has 0 aromatic rings. The number of unbranched alkanes of at least 4 members (excludes halogenated alkanes) is 42. The maximum atomic E-state index is 13.1. The third kappa shape index (κ3) is 71.7. The Morgan fingerprint density at radius 3 is 0.845 bits per heavy atom. The van der Waals surface area contributed by atoms with Gasteiger partial charge in [0.15, 0.2) is 12.2 Å². The lowest BCUT2D eigenvalue weighted by Gasteiger charge is -2.21. The molecule has 0 aromatic carbocycles. The van der Waals surface area contributed by atoms with Gasteiger partial charge in [0, 0.05) is 25.7 Å². The summed E-state index contributed by atoms with van der Waals surface area (Å²) in [5.74, 6) is -0.667. The van der Waals surface area contributed by atoms with E-state index in [-0.39, 0.29) is 25.7 Å². The van der Waals surface area contributed by atoms with Gasteiger partial charge in [-0.05, 0) is 63.2 Å². The number of carbonyl (C=O) groups excluding carboxylic acids is 4. The molecule has 0 saturated carbocycles. The van der Waals surface area contributed by atoms with Crippen molar-refractivity contribution in [2.24, 2.45) is 11.8 Å². The number of phosphoric acid groups is 2. The number of carbonyl (C=O) groups is 4. The second-order valence-corrected chi connectivity index (χ2v) is 31.3. The minimum atomic E-state index is -4.97. The van der Waals surface area contributed by atoms with Gasteiger partial charge in [-0.1, -0.05) is 329 Å². The van der Waals surface area contributed by atoms with E-state index >= 15 is 0 Å². The van der Waals surface area contributed by atoms with E-state index in [2.05, 4.69) is 65.8 Å². The first-order valence-electron chi connectivity index (χ1n) is 39.8. The summed E-state index contributed by atoms with van der Waals surface area (Å²) < 4.78 is 68.6. The number of phosphoric ester groups is 2. The number of hydrogen-bond acceptors (Lipinski definition) is 15. The largest absolute Gasteiger partial charge is 0.472 e. The van der Waals surface area contributed by atoms with E-state index < -0.39 is 97.5 Å². The fourth-order valence-corrected chi connectivity index (χ4v) is 13.0. The molecule has 97 heavy (non-hydrogen) atoms. The van der Waals surface area contributed by atoms with Gasteiger partial charge in [0.05, 0.1) is 26.4 Å². The highest BCUT2D eigenvalue weighted by atomic mass is 31.2. The smallest absolute Gasteiger partial charge is 0.462 e. The van der Waals surface area contributed by atoms with Crippen LogP contribution in [0, 0.1) is 11.8 Å². The molecule has 2 unspecified atom stereocenters. The van der Waals surface area contributed by atoms with Crippen molar-refractivity contribution in [2.45, 2.75) is 400 Å². The molecule has 0 aliphatic rings. The third-order valence-electron chi connectivity index (χ3n) is 17.6. The summed E-state index contributed by atoms with van der Waals surface area (Å²) in [5.41, 5.74) is 0. The lowest BCUT2D eigenvalue weighted by Crippen LogP contribution is -2.30. The topological polar surface area (TPSA) is 237 Å². The quantitative estimate of drug-likeness (QED) is 0.0169. The highest BCUT2D eigenvalue weighted by Gasteiger charge is 2.30. The van der Waals surface area contributed by atoms with Gasteiger partial charge >= 0.3 is 39.5 Å². The molecular formula is C78H148O17P2. The van der Waals surface area contributed by atoms with Crippen LogP contribution in [0.5, 0.6) is 0 Å². The van der Waals surface area contributed by atoms with Gasteiger partial charge in [-0.2, -0.15) is 0 Å². The first kappa shape index (κ1) is 94.5. The zero-order valence-corrected chi connectivity index (χ0v) is 64.7. The van der Waals surface area contributed by atoms with Crippen molar-refractivity contribution in [1.29, 1.82) is 0 Å². The molecule has 0 rings (SSSR count). The molecule has 3 N–H and O–H groups in total. The minimum Gasteiger partial charge on any atom is -0.462 e. The monoisotopic (exact) mass is 1420 g/mol. The van der Waals surface area contributed by atoms with Crippen LogP contribution in [-0.4, -0.2) is 96.7 Å². The molecule has 0 bridgehead atoms. The standard InChI is InChI=1S/C78H148O17P2/c1-7-9-11-13-15-17-19-21-23-24-25-27-29-31-37-44-50-56-62-77(82)94-73(66-88-75(80)60-54-48-42-36-30-28-26-22-20-18-16-14-12-10-8-2)68-92-96(84,85)90-64-72(79)65-91-97(86,87)93-69-74(95-78(83)63-57-51-45-39-33-35-41-47-53-59-71(5)6)67-89-76(81)61-55-49-43-38-32-34-40-46-52-58-70(3)4/h18,20,22,26,70-74,79H,7-17,19,21,23-25,27-69H2,1-6H3,(H,84,85)(H,86,87)/b20-18-,26-22-/t72-,73-,74-/m1/s1. The van der Waals surface area contributed by atoms with Crippen LogP contribution >= 0.6 is 15.6 Å². The molecule has 5 atom stereocenters. The molecule has 0 aromatic heterocycles. The molecule has 17 nitrogen and oxygen atoms in total. The highest BCUT2D eigenvalue weighted by molar-refractivity contribution is 7.47. The zero-order valence-electron chi connectivity index (χ0n) is 62.9. The van der Waals surface area contributed by atoms with Crippen molar-refractivity contribution in [1.82, 2.24) is 0 Å². The summed E-state index contributed by atoms with van der Waals surface area (Å²) in [4.78, 5) is 72.9. The van der Waals surface area contributed by atoms with E-state index in [0.717, 1.165) is 121 Å². The maximum Gasteiger partial charge on any atom is 0.472 e. The molecule has 572 valence electrons. The second kappa shape index (κ2) is 69.3. The van der Waals surface area contributed by atoms with Gasteiger partial charge in [-0.3, -0.25) is 37.3 Å². The summed E-state index contributed by atoms with van der Waals surface area (Å²) in [6.07, 6.45) is 60.5. The molecule has 0 fully saturated rings. The molecule has 0 radical (unpaired) electrons. The van der Waals surface area contributed by atoms with Crippen LogP contribution in [0.3, 0.4) is 0 Å². The van der Waals surface area contributed by atoms with E-state index in [1.807, 2.05) is 0 Å². The Hall–Kier alpha value is -2.46.